The van der Waals surface area contributed by atoms with Crippen LogP contribution in [0.2, 0.25) is 0 Å². The van der Waals surface area contributed by atoms with Crippen molar-refractivity contribution in [3.05, 3.63) is 23.8 Å². The number of carboxylic acid groups (broad SMARTS) is 1. The van der Waals surface area contributed by atoms with Crippen LogP contribution in [0.3, 0.4) is 0 Å². The molecular weight excluding hydrogens is 250 g/mol. The van der Waals surface area contributed by atoms with Crippen LogP contribution < -0.4 is 10.1 Å². The van der Waals surface area contributed by atoms with Crippen LogP contribution in [0.4, 0.5) is 0 Å². The van der Waals surface area contributed by atoms with Gasteiger partial charge in [-0.25, -0.2) is 0 Å². The lowest BCUT2D eigenvalue weighted by atomic mass is 10.2. The average Bonchev–Trinajstić information content (AvgIpc) is 2.36. The highest BCUT2D eigenvalue weighted by molar-refractivity contribution is 5.77. The maximum atomic E-state index is 11.4. The fourth-order valence-corrected chi connectivity index (χ4v) is 1.42. The van der Waals surface area contributed by atoms with Crippen LogP contribution in [-0.2, 0) is 9.59 Å². The summed E-state index contributed by atoms with van der Waals surface area (Å²) in [5.74, 6) is -0.658. The van der Waals surface area contributed by atoms with Crippen LogP contribution in [0.25, 0.3) is 0 Å². The summed E-state index contributed by atoms with van der Waals surface area (Å²) in [6, 6.07) is 4.82. The van der Waals surface area contributed by atoms with Gasteiger partial charge in [0, 0.05) is 18.5 Å². The van der Waals surface area contributed by atoms with Gasteiger partial charge in [0.15, 0.2) is 6.61 Å². The predicted octanol–water partition coefficient (Wildman–Crippen LogP) is 1.06. The Bertz CT molecular complexity index is 458. The second-order valence-electron chi connectivity index (χ2n) is 4.04. The number of phenolic OH excluding ortho intramolecular Hbond substituents is 1. The van der Waals surface area contributed by atoms with Gasteiger partial charge in [-0.05, 0) is 25.5 Å². The van der Waals surface area contributed by atoms with Gasteiger partial charge in [-0.1, -0.05) is 6.07 Å². The summed E-state index contributed by atoms with van der Waals surface area (Å²) < 4.78 is 5.27. The van der Waals surface area contributed by atoms with Gasteiger partial charge < -0.3 is 20.3 Å². The third kappa shape index (κ3) is 5.29. The number of carbonyl (C=O) groups is 2. The van der Waals surface area contributed by atoms with Gasteiger partial charge in [-0.2, -0.15) is 0 Å². The Morgan fingerprint density at radius 2 is 2.11 bits per heavy atom. The molecule has 0 aliphatic rings. The molecule has 19 heavy (non-hydrogen) atoms. The standard InChI is InChI=1S/C13H17NO5/c1-9-10(15)4-2-5-11(9)19-8-12(16)14-7-3-6-13(17)18/h2,4-5,15H,3,6-8H2,1H3,(H,14,16)(H,17,18). The zero-order chi connectivity index (χ0) is 14.3. The quantitative estimate of drug-likeness (QED) is 0.642. The number of hydrogen-bond acceptors (Lipinski definition) is 4. The largest absolute Gasteiger partial charge is 0.508 e. The van der Waals surface area contributed by atoms with Gasteiger partial charge in [0.2, 0.25) is 0 Å². The van der Waals surface area contributed by atoms with Crippen molar-refractivity contribution in [2.24, 2.45) is 0 Å². The molecular formula is C13H17NO5. The monoisotopic (exact) mass is 267 g/mol. The lowest BCUT2D eigenvalue weighted by molar-refractivity contribution is -0.137. The van der Waals surface area contributed by atoms with Crippen LogP contribution in [0.5, 0.6) is 11.5 Å². The summed E-state index contributed by atoms with van der Waals surface area (Å²) in [6.45, 7) is 1.82. The van der Waals surface area contributed by atoms with Crippen LogP contribution >= 0.6 is 0 Å². The number of nitrogens with one attached hydrogen (secondary N) is 1. The van der Waals surface area contributed by atoms with E-state index in [2.05, 4.69) is 5.32 Å². The van der Waals surface area contributed by atoms with Crippen LogP contribution in [-0.4, -0.2) is 35.2 Å². The van der Waals surface area contributed by atoms with Crippen molar-refractivity contribution < 1.29 is 24.5 Å². The van der Waals surface area contributed by atoms with Crippen molar-refractivity contribution in [3.8, 4) is 11.5 Å². The minimum Gasteiger partial charge on any atom is -0.508 e. The van der Waals surface area contributed by atoms with E-state index in [1.54, 1.807) is 19.1 Å². The zero-order valence-corrected chi connectivity index (χ0v) is 10.7. The number of rotatable bonds is 7. The Labute approximate surface area is 111 Å². The van der Waals surface area contributed by atoms with Gasteiger partial charge in [0.05, 0.1) is 0 Å². The summed E-state index contributed by atoms with van der Waals surface area (Å²) in [5.41, 5.74) is 0.571. The van der Waals surface area contributed by atoms with Crippen molar-refractivity contribution >= 4 is 11.9 Å². The van der Waals surface area contributed by atoms with Crippen molar-refractivity contribution in [3.63, 3.8) is 0 Å². The second-order valence-corrected chi connectivity index (χ2v) is 4.04. The van der Waals surface area contributed by atoms with Crippen molar-refractivity contribution in [1.29, 1.82) is 0 Å². The SMILES string of the molecule is Cc1c(O)cccc1OCC(=O)NCCCC(=O)O. The summed E-state index contributed by atoms with van der Waals surface area (Å²) in [4.78, 5) is 21.7. The maximum Gasteiger partial charge on any atom is 0.303 e. The van der Waals surface area contributed by atoms with E-state index in [9.17, 15) is 14.7 Å². The molecule has 0 atom stereocenters. The first-order valence-electron chi connectivity index (χ1n) is 5.90. The van der Waals surface area contributed by atoms with E-state index < -0.39 is 5.97 Å². The molecule has 104 valence electrons. The first-order chi connectivity index (χ1) is 9.00. The fourth-order valence-electron chi connectivity index (χ4n) is 1.42. The molecule has 1 aromatic rings. The third-order valence-electron chi connectivity index (χ3n) is 2.50. The summed E-state index contributed by atoms with van der Waals surface area (Å²) in [7, 11) is 0. The van der Waals surface area contributed by atoms with Crippen LogP contribution in [0.1, 0.15) is 18.4 Å². The minimum atomic E-state index is -0.888. The van der Waals surface area contributed by atoms with E-state index in [0.717, 1.165) is 0 Å². The van der Waals surface area contributed by atoms with Crippen molar-refractivity contribution in [1.82, 2.24) is 5.32 Å². The van der Waals surface area contributed by atoms with Gasteiger partial charge in [-0.3, -0.25) is 9.59 Å². The summed E-state index contributed by atoms with van der Waals surface area (Å²) in [6.07, 6.45) is 0.402. The van der Waals surface area contributed by atoms with E-state index in [1.807, 2.05) is 0 Å². The molecule has 0 saturated heterocycles. The third-order valence-corrected chi connectivity index (χ3v) is 2.50. The molecule has 0 fully saturated rings. The molecule has 0 saturated carbocycles. The van der Waals surface area contributed by atoms with Crippen LogP contribution in [0.15, 0.2) is 18.2 Å². The van der Waals surface area contributed by atoms with E-state index >= 15 is 0 Å². The van der Waals surface area contributed by atoms with E-state index in [4.69, 9.17) is 9.84 Å². The number of carbonyl (C=O) groups excluding carboxylic acids is 1. The van der Waals surface area contributed by atoms with Gasteiger partial charge >= 0.3 is 5.97 Å². The molecule has 0 unspecified atom stereocenters. The van der Waals surface area contributed by atoms with Crippen molar-refractivity contribution in [2.75, 3.05) is 13.2 Å². The van der Waals surface area contributed by atoms with Gasteiger partial charge in [0.25, 0.3) is 5.91 Å². The molecule has 0 aromatic heterocycles. The van der Waals surface area contributed by atoms with Gasteiger partial charge in [0.1, 0.15) is 11.5 Å². The molecule has 1 rings (SSSR count). The number of carboxylic acids is 1. The normalized spacial score (nSPS) is 9.95. The highest BCUT2D eigenvalue weighted by Gasteiger charge is 2.07. The molecule has 0 heterocycles. The average molecular weight is 267 g/mol. The highest BCUT2D eigenvalue weighted by atomic mass is 16.5. The molecule has 0 spiro atoms. The molecule has 0 radical (unpaired) electrons. The molecule has 6 heteroatoms. The van der Waals surface area contributed by atoms with Crippen molar-refractivity contribution in [2.45, 2.75) is 19.8 Å². The Kier molecular flexibility index (Phi) is 5.66. The number of aliphatic carboxylic acids is 1. The summed E-state index contributed by atoms with van der Waals surface area (Å²) >= 11 is 0. The smallest absolute Gasteiger partial charge is 0.303 e. The lowest BCUT2D eigenvalue weighted by Crippen LogP contribution is -2.30. The lowest BCUT2D eigenvalue weighted by Gasteiger charge is -2.10. The minimum absolute atomic E-state index is 0.0206. The maximum absolute atomic E-state index is 11.4. The number of amides is 1. The molecule has 1 amide bonds. The van der Waals surface area contributed by atoms with E-state index in [0.29, 0.717) is 24.3 Å². The first-order valence-corrected chi connectivity index (χ1v) is 5.90. The Morgan fingerprint density at radius 1 is 1.37 bits per heavy atom. The molecule has 6 nitrogen and oxygen atoms in total. The Balaban J connectivity index is 2.30. The predicted molar refractivity (Wildman–Crippen MR) is 68.2 cm³/mol. The molecule has 0 aliphatic carbocycles. The molecule has 3 N–H and O–H groups in total. The van der Waals surface area contributed by atoms with Crippen LogP contribution in [0, 0.1) is 6.92 Å². The highest BCUT2D eigenvalue weighted by Crippen LogP contribution is 2.25. The van der Waals surface area contributed by atoms with Gasteiger partial charge in [-0.15, -0.1) is 0 Å². The number of aromatic hydroxyl groups is 1. The first kappa shape index (κ1) is 14.8. The molecule has 0 aliphatic heterocycles. The fraction of sp³-hybridized carbons (Fsp3) is 0.385. The van der Waals surface area contributed by atoms with E-state index in [1.165, 1.54) is 6.07 Å². The number of benzene rings is 1. The zero-order valence-electron chi connectivity index (χ0n) is 10.7. The van der Waals surface area contributed by atoms with E-state index in [-0.39, 0.29) is 24.7 Å². The Hall–Kier alpha value is -2.24. The topological polar surface area (TPSA) is 95.9 Å². The number of ether oxygens (including phenoxy) is 1. The molecule has 0 bridgehead atoms. The number of hydrogen-bond donors (Lipinski definition) is 3. The number of phenols is 1. The second kappa shape index (κ2) is 7.25. The molecule has 1 aromatic carbocycles. The summed E-state index contributed by atoms with van der Waals surface area (Å²) in [5, 5.41) is 20.4. The Morgan fingerprint density at radius 3 is 2.79 bits per heavy atom.